The smallest absolute Gasteiger partial charge is 0.270 e. The molecule has 0 spiro atoms. The Morgan fingerprint density at radius 1 is 1.32 bits per heavy atom. The van der Waals surface area contributed by atoms with Gasteiger partial charge in [0.1, 0.15) is 11.4 Å². The van der Waals surface area contributed by atoms with E-state index in [9.17, 15) is 19.1 Å². The Balaban J connectivity index is 2.06. The predicted molar refractivity (Wildman–Crippen MR) is 107 cm³/mol. The number of phenols is 1. The highest BCUT2D eigenvalue weighted by Gasteiger charge is 2.35. The van der Waals surface area contributed by atoms with Gasteiger partial charge >= 0.3 is 0 Å². The molecule has 0 aromatic heterocycles. The molecule has 1 fully saturated rings. The van der Waals surface area contributed by atoms with Crippen LogP contribution in [-0.4, -0.2) is 28.6 Å². The van der Waals surface area contributed by atoms with Gasteiger partial charge in [-0.05, 0) is 55.0 Å². The fourth-order valence-corrected chi connectivity index (χ4v) is 3.11. The van der Waals surface area contributed by atoms with Crippen LogP contribution in [0.4, 0.5) is 10.1 Å². The minimum absolute atomic E-state index is 0.0112. The second-order valence-corrected chi connectivity index (χ2v) is 6.49. The van der Waals surface area contributed by atoms with Gasteiger partial charge in [0.2, 0.25) is 0 Å². The molecule has 3 rings (SSSR count). The molecule has 0 aliphatic carbocycles. The molecule has 1 heterocycles. The van der Waals surface area contributed by atoms with E-state index >= 15 is 0 Å². The van der Waals surface area contributed by atoms with E-state index in [-0.39, 0.29) is 39.5 Å². The molecule has 28 heavy (non-hydrogen) atoms. The Morgan fingerprint density at radius 3 is 2.71 bits per heavy atom. The van der Waals surface area contributed by atoms with Gasteiger partial charge in [-0.25, -0.2) is 9.29 Å². The fraction of sp³-hybridized carbons (Fsp3) is 0.105. The number of para-hydroxylation sites is 1. The lowest BCUT2D eigenvalue weighted by Crippen LogP contribution is -2.54. The van der Waals surface area contributed by atoms with Crippen molar-refractivity contribution in [3.8, 4) is 11.5 Å². The molecule has 1 aliphatic heterocycles. The SMILES string of the molecule is CCOc1cc(/C=C2\C(=O)NC(=S)N(c3ccccc3F)C2=O)cc(Cl)c1O. The van der Waals surface area contributed by atoms with Crippen LogP contribution < -0.4 is 15.0 Å². The molecular weight excluding hydrogens is 407 g/mol. The summed E-state index contributed by atoms with van der Waals surface area (Å²) in [4.78, 5) is 26.1. The number of phenolic OH excluding ortho intramolecular Hbond substituents is 1. The third kappa shape index (κ3) is 3.69. The van der Waals surface area contributed by atoms with Gasteiger partial charge in [0.05, 0.1) is 17.3 Å². The summed E-state index contributed by atoms with van der Waals surface area (Å²) in [5, 5.41) is 12.1. The van der Waals surface area contributed by atoms with E-state index in [1.165, 1.54) is 36.4 Å². The number of hydrogen-bond acceptors (Lipinski definition) is 5. The zero-order valence-corrected chi connectivity index (χ0v) is 16.1. The molecule has 6 nitrogen and oxygen atoms in total. The van der Waals surface area contributed by atoms with Gasteiger partial charge in [-0.3, -0.25) is 14.9 Å². The average Bonchev–Trinajstić information content (AvgIpc) is 2.64. The van der Waals surface area contributed by atoms with Gasteiger partial charge in [-0.1, -0.05) is 23.7 Å². The molecule has 2 amide bonds. The summed E-state index contributed by atoms with van der Waals surface area (Å²) in [5.41, 5.74) is -0.0192. The number of rotatable bonds is 4. The van der Waals surface area contributed by atoms with Crippen molar-refractivity contribution >= 4 is 52.5 Å². The fourth-order valence-electron chi connectivity index (χ4n) is 2.62. The molecule has 1 aliphatic rings. The van der Waals surface area contributed by atoms with E-state index in [0.717, 1.165) is 4.90 Å². The molecule has 2 aromatic rings. The lowest BCUT2D eigenvalue weighted by atomic mass is 10.1. The second-order valence-electron chi connectivity index (χ2n) is 5.69. The van der Waals surface area contributed by atoms with Crippen molar-refractivity contribution in [2.45, 2.75) is 6.92 Å². The van der Waals surface area contributed by atoms with Crippen molar-refractivity contribution in [1.29, 1.82) is 0 Å². The molecule has 9 heteroatoms. The monoisotopic (exact) mass is 420 g/mol. The van der Waals surface area contributed by atoms with E-state index in [1.807, 2.05) is 0 Å². The zero-order chi connectivity index (χ0) is 20.4. The Bertz CT molecular complexity index is 1020. The minimum atomic E-state index is -0.791. The molecule has 0 bridgehead atoms. The first-order valence-electron chi connectivity index (χ1n) is 8.14. The summed E-state index contributed by atoms with van der Waals surface area (Å²) in [7, 11) is 0. The highest BCUT2D eigenvalue weighted by molar-refractivity contribution is 7.80. The number of thiocarbonyl (C=S) groups is 1. The van der Waals surface area contributed by atoms with Crippen LogP contribution in [0.15, 0.2) is 42.0 Å². The van der Waals surface area contributed by atoms with Crippen molar-refractivity contribution in [1.82, 2.24) is 5.32 Å². The number of anilines is 1. The molecule has 144 valence electrons. The maximum Gasteiger partial charge on any atom is 0.270 e. The number of carbonyl (C=O) groups excluding carboxylic acids is 2. The maximum absolute atomic E-state index is 14.2. The van der Waals surface area contributed by atoms with Crippen molar-refractivity contribution in [3.63, 3.8) is 0 Å². The summed E-state index contributed by atoms with van der Waals surface area (Å²) >= 11 is 11.0. The molecular formula is C19H14ClFN2O4S. The Labute approximate surface area is 170 Å². The number of aromatic hydroxyl groups is 1. The number of hydrogen-bond donors (Lipinski definition) is 2. The maximum atomic E-state index is 14.2. The highest BCUT2D eigenvalue weighted by atomic mass is 35.5. The van der Waals surface area contributed by atoms with Gasteiger partial charge in [0, 0.05) is 0 Å². The van der Waals surface area contributed by atoms with E-state index in [4.69, 9.17) is 28.6 Å². The topological polar surface area (TPSA) is 78.9 Å². The molecule has 2 N–H and O–H groups in total. The molecule has 0 atom stereocenters. The number of amides is 2. The van der Waals surface area contributed by atoms with E-state index in [0.29, 0.717) is 5.56 Å². The van der Waals surface area contributed by atoms with Gasteiger partial charge in [0.15, 0.2) is 16.6 Å². The Morgan fingerprint density at radius 2 is 2.04 bits per heavy atom. The summed E-state index contributed by atoms with van der Waals surface area (Å²) < 4.78 is 19.5. The first-order chi connectivity index (χ1) is 13.3. The van der Waals surface area contributed by atoms with Crippen LogP contribution in [-0.2, 0) is 9.59 Å². The third-order valence-corrected chi connectivity index (χ3v) is 4.43. The van der Waals surface area contributed by atoms with Crippen LogP contribution in [0.5, 0.6) is 11.5 Å². The van der Waals surface area contributed by atoms with Crippen LogP contribution in [0.25, 0.3) is 6.08 Å². The molecule has 0 saturated carbocycles. The van der Waals surface area contributed by atoms with Crippen molar-refractivity contribution in [2.24, 2.45) is 0 Å². The number of ether oxygens (including phenoxy) is 1. The van der Waals surface area contributed by atoms with Crippen molar-refractivity contribution < 1.29 is 23.8 Å². The van der Waals surface area contributed by atoms with Crippen LogP contribution in [0, 0.1) is 5.82 Å². The molecule has 0 unspecified atom stereocenters. The largest absolute Gasteiger partial charge is 0.503 e. The summed E-state index contributed by atoms with van der Waals surface area (Å²) in [6.45, 7) is 2.00. The first-order valence-corrected chi connectivity index (χ1v) is 8.93. The summed E-state index contributed by atoms with van der Waals surface area (Å²) in [6, 6.07) is 8.37. The number of nitrogens with one attached hydrogen (secondary N) is 1. The highest BCUT2D eigenvalue weighted by Crippen LogP contribution is 2.36. The van der Waals surface area contributed by atoms with Gasteiger partial charge < -0.3 is 9.84 Å². The average molecular weight is 421 g/mol. The predicted octanol–water partition coefficient (Wildman–Crippen LogP) is 3.41. The van der Waals surface area contributed by atoms with Gasteiger partial charge in [-0.15, -0.1) is 0 Å². The van der Waals surface area contributed by atoms with E-state index in [2.05, 4.69) is 5.32 Å². The van der Waals surface area contributed by atoms with Crippen LogP contribution >= 0.6 is 23.8 Å². The van der Waals surface area contributed by atoms with E-state index < -0.39 is 17.6 Å². The quantitative estimate of drug-likeness (QED) is 0.450. The Kier molecular flexibility index (Phi) is 5.62. The summed E-state index contributed by atoms with van der Waals surface area (Å²) in [5.74, 6) is -2.34. The second kappa shape index (κ2) is 7.95. The Hall–Kier alpha value is -2.97. The van der Waals surface area contributed by atoms with Crippen LogP contribution in [0.1, 0.15) is 12.5 Å². The van der Waals surface area contributed by atoms with Gasteiger partial charge in [-0.2, -0.15) is 0 Å². The lowest BCUT2D eigenvalue weighted by molar-refractivity contribution is -0.122. The summed E-state index contributed by atoms with van der Waals surface area (Å²) in [6.07, 6.45) is 1.27. The van der Waals surface area contributed by atoms with Crippen LogP contribution in [0.2, 0.25) is 5.02 Å². The van der Waals surface area contributed by atoms with Gasteiger partial charge in [0.25, 0.3) is 11.8 Å². The molecule has 2 aromatic carbocycles. The zero-order valence-electron chi connectivity index (χ0n) is 14.5. The number of carbonyl (C=O) groups is 2. The van der Waals surface area contributed by atoms with Crippen molar-refractivity contribution in [3.05, 3.63) is 58.4 Å². The minimum Gasteiger partial charge on any atom is -0.503 e. The number of benzene rings is 2. The number of nitrogens with zero attached hydrogens (tertiary/aromatic N) is 1. The normalized spacial score (nSPS) is 15.8. The lowest BCUT2D eigenvalue weighted by Gasteiger charge is -2.29. The van der Waals surface area contributed by atoms with E-state index in [1.54, 1.807) is 13.0 Å². The van der Waals surface area contributed by atoms with Crippen molar-refractivity contribution in [2.75, 3.05) is 11.5 Å². The standard InChI is InChI=1S/C19H14ClFN2O4S/c1-2-27-15-9-10(8-12(20)16(15)24)7-11-17(25)22-19(28)23(18(11)26)14-6-4-3-5-13(14)21/h3-9,24H,2H2,1H3,(H,22,25,28)/b11-7+. The first kappa shape index (κ1) is 19.8. The molecule has 1 saturated heterocycles. The molecule has 0 radical (unpaired) electrons. The third-order valence-electron chi connectivity index (χ3n) is 3.86. The van der Waals surface area contributed by atoms with Crippen LogP contribution in [0.3, 0.4) is 0 Å². The number of halogens is 2.